The average Bonchev–Trinajstić information content (AvgIpc) is 3.19. The second kappa shape index (κ2) is 6.00. The van der Waals surface area contributed by atoms with Crippen molar-refractivity contribution in [1.82, 2.24) is 25.4 Å². The van der Waals surface area contributed by atoms with Crippen molar-refractivity contribution in [2.45, 2.75) is 37.8 Å². The van der Waals surface area contributed by atoms with Crippen LogP contribution < -0.4 is 10.1 Å². The third-order valence-electron chi connectivity index (χ3n) is 4.78. The Morgan fingerprint density at radius 1 is 1.28 bits per heavy atom. The van der Waals surface area contributed by atoms with Crippen LogP contribution in [0.15, 0.2) is 35.1 Å². The first-order chi connectivity index (χ1) is 12.4. The van der Waals surface area contributed by atoms with Crippen LogP contribution >= 0.6 is 0 Å². The number of fused-ring (bicyclic) bond motifs is 1. The van der Waals surface area contributed by atoms with Gasteiger partial charge < -0.3 is 19.6 Å². The molecule has 0 spiro atoms. The van der Waals surface area contributed by atoms with Gasteiger partial charge >= 0.3 is 0 Å². The number of hydrogen-bond acceptors (Lipinski definition) is 6. The number of nitrogens with zero attached hydrogens (tertiary/aromatic N) is 3. The summed E-state index contributed by atoms with van der Waals surface area (Å²) in [7, 11) is 0. The highest BCUT2D eigenvalue weighted by atomic mass is 16.5. The highest BCUT2D eigenvalue weighted by molar-refractivity contribution is 5.37. The molecule has 1 atom stereocenters. The molecule has 1 aromatic carbocycles. The lowest BCUT2D eigenvalue weighted by Gasteiger charge is -2.23. The normalized spacial score (nSPS) is 19.6. The highest BCUT2D eigenvalue weighted by Crippen LogP contribution is 2.38. The number of benzene rings is 1. The molecular weight excluding hydrogens is 318 g/mol. The lowest BCUT2D eigenvalue weighted by atomic mass is 9.92. The molecule has 0 radical (unpaired) electrons. The van der Waals surface area contributed by atoms with Crippen LogP contribution in [0.5, 0.6) is 5.75 Å². The second-order valence-electron chi connectivity index (χ2n) is 6.63. The van der Waals surface area contributed by atoms with Gasteiger partial charge in [0.1, 0.15) is 5.75 Å². The van der Waals surface area contributed by atoms with E-state index in [2.05, 4.69) is 37.6 Å². The van der Waals surface area contributed by atoms with Crippen molar-refractivity contribution < 1.29 is 9.26 Å². The summed E-state index contributed by atoms with van der Waals surface area (Å²) in [4.78, 5) is 12.1. The summed E-state index contributed by atoms with van der Waals surface area (Å²) >= 11 is 0. The third-order valence-corrected chi connectivity index (χ3v) is 4.78. The van der Waals surface area contributed by atoms with Gasteiger partial charge in [0.05, 0.1) is 17.7 Å². The Labute approximate surface area is 144 Å². The van der Waals surface area contributed by atoms with Crippen LogP contribution in [0.3, 0.4) is 0 Å². The molecule has 7 heteroatoms. The van der Waals surface area contributed by atoms with E-state index in [1.165, 1.54) is 5.56 Å². The molecule has 1 aliphatic heterocycles. The minimum Gasteiger partial charge on any atom is -0.484 e. The first kappa shape index (κ1) is 14.7. The topological polar surface area (TPSA) is 88.9 Å². The molecule has 1 saturated carbocycles. The predicted octanol–water partition coefficient (Wildman–Crippen LogP) is 2.48. The van der Waals surface area contributed by atoms with Gasteiger partial charge in [-0.3, -0.25) is 0 Å². The highest BCUT2D eigenvalue weighted by Gasteiger charge is 2.29. The Morgan fingerprint density at radius 3 is 3.16 bits per heavy atom. The van der Waals surface area contributed by atoms with Crippen molar-refractivity contribution >= 4 is 0 Å². The summed E-state index contributed by atoms with van der Waals surface area (Å²) in [6, 6.07) is 8.13. The van der Waals surface area contributed by atoms with Crippen LogP contribution in [0, 0.1) is 0 Å². The molecular formula is C18H19N5O2. The fourth-order valence-electron chi connectivity index (χ4n) is 3.29. The first-order valence-electron chi connectivity index (χ1n) is 8.65. The molecule has 2 N–H and O–H groups in total. The Hall–Kier alpha value is -2.67. The van der Waals surface area contributed by atoms with Crippen LogP contribution in [0.2, 0.25) is 0 Å². The van der Waals surface area contributed by atoms with Crippen LogP contribution in [0.4, 0.5) is 0 Å². The van der Waals surface area contributed by atoms with Gasteiger partial charge in [-0.15, -0.1) is 0 Å². The summed E-state index contributed by atoms with van der Waals surface area (Å²) in [6.45, 7) is 2.00. The fourth-order valence-corrected chi connectivity index (χ4v) is 3.29. The number of aromatic nitrogens is 4. The summed E-state index contributed by atoms with van der Waals surface area (Å²) in [5.74, 6) is 2.85. The summed E-state index contributed by atoms with van der Waals surface area (Å²) in [6.07, 6.45) is 4.08. The van der Waals surface area contributed by atoms with Gasteiger partial charge in [-0.2, -0.15) is 4.98 Å². The van der Waals surface area contributed by atoms with Crippen molar-refractivity contribution in [3.8, 4) is 5.75 Å². The Morgan fingerprint density at radius 2 is 2.24 bits per heavy atom. The number of imidazole rings is 1. The zero-order valence-corrected chi connectivity index (χ0v) is 13.7. The van der Waals surface area contributed by atoms with Crippen LogP contribution in [0.1, 0.15) is 53.3 Å². The van der Waals surface area contributed by atoms with Crippen molar-refractivity contribution in [3.63, 3.8) is 0 Å². The van der Waals surface area contributed by atoms with E-state index < -0.39 is 0 Å². The lowest BCUT2D eigenvalue weighted by molar-refractivity contribution is 0.242. The number of H-pyrrole nitrogens is 1. The lowest BCUT2D eigenvalue weighted by Crippen LogP contribution is -2.28. The predicted molar refractivity (Wildman–Crippen MR) is 89.2 cm³/mol. The van der Waals surface area contributed by atoms with Crippen molar-refractivity contribution in [3.05, 3.63) is 59.3 Å². The van der Waals surface area contributed by atoms with E-state index >= 15 is 0 Å². The average molecular weight is 337 g/mol. The fraction of sp³-hybridized carbons (Fsp3) is 0.389. The molecule has 0 bridgehead atoms. The van der Waals surface area contributed by atoms with E-state index in [-0.39, 0.29) is 5.92 Å². The molecule has 1 aliphatic carbocycles. The summed E-state index contributed by atoms with van der Waals surface area (Å²) in [5.41, 5.74) is 3.45. The van der Waals surface area contributed by atoms with Crippen molar-refractivity contribution in [1.29, 1.82) is 0 Å². The SMILES string of the molecule is c1cc(OCc2nc(C3CC3)no2)cc(C2CNCc3[nH]cnc32)c1. The van der Waals surface area contributed by atoms with E-state index in [4.69, 9.17) is 9.26 Å². The van der Waals surface area contributed by atoms with E-state index in [1.807, 2.05) is 12.1 Å². The maximum Gasteiger partial charge on any atom is 0.264 e. The van der Waals surface area contributed by atoms with Gasteiger partial charge in [0, 0.05) is 24.9 Å². The minimum atomic E-state index is 0.225. The van der Waals surface area contributed by atoms with Gasteiger partial charge in [-0.05, 0) is 30.5 Å². The summed E-state index contributed by atoms with van der Waals surface area (Å²) in [5, 5.41) is 7.44. The molecule has 5 rings (SSSR count). The number of hydrogen-bond donors (Lipinski definition) is 2. The Bertz CT molecular complexity index is 883. The maximum atomic E-state index is 5.86. The largest absolute Gasteiger partial charge is 0.484 e. The van der Waals surface area contributed by atoms with E-state index in [0.29, 0.717) is 18.4 Å². The van der Waals surface area contributed by atoms with Gasteiger partial charge in [0.2, 0.25) is 0 Å². The molecule has 25 heavy (non-hydrogen) atoms. The van der Waals surface area contributed by atoms with Crippen molar-refractivity contribution in [2.24, 2.45) is 0 Å². The molecule has 0 saturated heterocycles. The van der Waals surface area contributed by atoms with Gasteiger partial charge in [0.15, 0.2) is 12.4 Å². The van der Waals surface area contributed by atoms with E-state index in [9.17, 15) is 0 Å². The molecule has 7 nitrogen and oxygen atoms in total. The monoisotopic (exact) mass is 337 g/mol. The van der Waals surface area contributed by atoms with Crippen molar-refractivity contribution in [2.75, 3.05) is 6.54 Å². The van der Waals surface area contributed by atoms with Gasteiger partial charge in [-0.25, -0.2) is 4.98 Å². The Kier molecular flexibility index (Phi) is 3.52. The standard InChI is InChI=1S/C18H19N5O2/c1-2-12(14-7-19-8-15-17(14)21-10-20-15)6-13(3-1)24-9-16-22-18(23-25-16)11-4-5-11/h1-3,6,10-11,14,19H,4-5,7-9H2,(H,20,21). The number of ether oxygens (including phenoxy) is 1. The number of rotatable bonds is 5. The number of aromatic amines is 1. The number of nitrogens with one attached hydrogen (secondary N) is 2. The molecule has 3 heterocycles. The van der Waals surface area contributed by atoms with Crippen LogP contribution in [-0.2, 0) is 13.2 Å². The minimum absolute atomic E-state index is 0.225. The molecule has 3 aromatic rings. The molecule has 0 amide bonds. The molecule has 1 unspecified atom stereocenters. The molecule has 128 valence electrons. The van der Waals surface area contributed by atoms with Crippen LogP contribution in [0.25, 0.3) is 0 Å². The van der Waals surface area contributed by atoms with E-state index in [0.717, 1.165) is 48.9 Å². The zero-order chi connectivity index (χ0) is 16.6. The quantitative estimate of drug-likeness (QED) is 0.743. The molecule has 2 aliphatic rings. The Balaban J connectivity index is 1.31. The van der Waals surface area contributed by atoms with Gasteiger partial charge in [0.25, 0.3) is 5.89 Å². The zero-order valence-electron chi connectivity index (χ0n) is 13.7. The van der Waals surface area contributed by atoms with E-state index in [1.54, 1.807) is 6.33 Å². The molecule has 2 aromatic heterocycles. The maximum absolute atomic E-state index is 5.86. The van der Waals surface area contributed by atoms with Gasteiger partial charge in [-0.1, -0.05) is 17.3 Å². The summed E-state index contributed by atoms with van der Waals surface area (Å²) < 4.78 is 11.1. The molecule has 1 fully saturated rings. The smallest absolute Gasteiger partial charge is 0.264 e. The second-order valence-corrected chi connectivity index (χ2v) is 6.63. The third kappa shape index (κ3) is 2.91. The van der Waals surface area contributed by atoms with Crippen LogP contribution in [-0.4, -0.2) is 26.7 Å². The first-order valence-corrected chi connectivity index (χ1v) is 8.65.